The van der Waals surface area contributed by atoms with Crippen LogP contribution in [0.5, 0.6) is 0 Å². The molecule has 6 nitrogen and oxygen atoms in total. The SMILES string of the molecule is Cn1c2c(c3ccc(-n4ccc(CCc5ccccc5)cc4=O)cc31)CN(C(=O)O)CC2. The summed E-state index contributed by atoms with van der Waals surface area (Å²) >= 11 is 0. The summed E-state index contributed by atoms with van der Waals surface area (Å²) in [6.45, 7) is 0.903. The van der Waals surface area contributed by atoms with Gasteiger partial charge >= 0.3 is 6.09 Å². The lowest BCUT2D eigenvalue weighted by molar-refractivity contribution is 0.139. The molecule has 0 unspecified atom stereocenters. The van der Waals surface area contributed by atoms with E-state index in [-0.39, 0.29) is 5.56 Å². The molecule has 1 aliphatic rings. The van der Waals surface area contributed by atoms with E-state index in [1.54, 1.807) is 10.6 Å². The van der Waals surface area contributed by atoms with Crippen molar-refractivity contribution in [3.05, 3.63) is 99.6 Å². The Morgan fingerprint density at radius 1 is 1.00 bits per heavy atom. The molecule has 0 radical (unpaired) electrons. The zero-order valence-electron chi connectivity index (χ0n) is 18.0. The first-order chi connectivity index (χ1) is 15.5. The van der Waals surface area contributed by atoms with E-state index in [1.807, 2.05) is 55.7 Å². The fraction of sp³-hybridized carbons (Fsp3) is 0.231. The number of rotatable bonds is 4. The van der Waals surface area contributed by atoms with E-state index in [0.29, 0.717) is 19.5 Å². The second-order valence-electron chi connectivity index (χ2n) is 8.37. The van der Waals surface area contributed by atoms with Gasteiger partial charge in [0.2, 0.25) is 0 Å². The number of nitrogens with zero attached hydrogens (tertiary/aromatic N) is 3. The number of carboxylic acid groups (broad SMARTS) is 1. The molecule has 3 heterocycles. The van der Waals surface area contributed by atoms with Crippen LogP contribution in [0.2, 0.25) is 0 Å². The van der Waals surface area contributed by atoms with Gasteiger partial charge in [0.05, 0.1) is 17.7 Å². The van der Waals surface area contributed by atoms with Crippen LogP contribution < -0.4 is 5.56 Å². The Kier molecular flexibility index (Phi) is 5.05. The molecule has 4 aromatic rings. The van der Waals surface area contributed by atoms with Crippen LogP contribution in [-0.2, 0) is 32.9 Å². The van der Waals surface area contributed by atoms with Gasteiger partial charge in [-0.2, -0.15) is 0 Å². The molecular weight excluding hydrogens is 402 g/mol. The molecule has 1 amide bonds. The van der Waals surface area contributed by atoms with Crippen molar-refractivity contribution < 1.29 is 9.90 Å². The van der Waals surface area contributed by atoms with Gasteiger partial charge in [0.15, 0.2) is 0 Å². The van der Waals surface area contributed by atoms with Crippen molar-refractivity contribution in [3.8, 4) is 5.69 Å². The first-order valence-corrected chi connectivity index (χ1v) is 10.9. The Morgan fingerprint density at radius 2 is 1.78 bits per heavy atom. The lowest BCUT2D eigenvalue weighted by Gasteiger charge is -2.25. The van der Waals surface area contributed by atoms with Gasteiger partial charge in [0.1, 0.15) is 0 Å². The van der Waals surface area contributed by atoms with E-state index in [0.717, 1.165) is 40.6 Å². The molecule has 0 atom stereocenters. The number of hydrogen-bond acceptors (Lipinski definition) is 2. The van der Waals surface area contributed by atoms with Crippen molar-refractivity contribution in [2.24, 2.45) is 7.05 Å². The van der Waals surface area contributed by atoms with Crippen LogP contribution in [0.15, 0.2) is 71.7 Å². The zero-order chi connectivity index (χ0) is 22.2. The van der Waals surface area contributed by atoms with Crippen molar-refractivity contribution in [3.63, 3.8) is 0 Å². The number of amides is 1. The van der Waals surface area contributed by atoms with Crippen LogP contribution >= 0.6 is 0 Å². The minimum Gasteiger partial charge on any atom is -0.465 e. The van der Waals surface area contributed by atoms with Crippen LogP contribution in [0, 0.1) is 0 Å². The minimum absolute atomic E-state index is 0.0501. The van der Waals surface area contributed by atoms with Gasteiger partial charge in [-0.05, 0) is 42.2 Å². The summed E-state index contributed by atoms with van der Waals surface area (Å²) in [7, 11) is 2.01. The maximum atomic E-state index is 12.9. The van der Waals surface area contributed by atoms with Gasteiger partial charge in [0, 0.05) is 48.9 Å². The number of aryl methyl sites for hydroxylation is 3. The summed E-state index contributed by atoms with van der Waals surface area (Å²) in [5.41, 5.74) is 6.29. The average Bonchev–Trinajstić information content (AvgIpc) is 3.09. The van der Waals surface area contributed by atoms with Gasteiger partial charge in [-0.25, -0.2) is 4.79 Å². The first-order valence-electron chi connectivity index (χ1n) is 10.9. The highest BCUT2D eigenvalue weighted by molar-refractivity contribution is 5.88. The van der Waals surface area contributed by atoms with Crippen LogP contribution in [0.1, 0.15) is 22.4 Å². The van der Waals surface area contributed by atoms with Crippen molar-refractivity contribution in [2.45, 2.75) is 25.8 Å². The van der Waals surface area contributed by atoms with Crippen LogP contribution in [-0.4, -0.2) is 31.8 Å². The van der Waals surface area contributed by atoms with E-state index in [4.69, 9.17) is 0 Å². The number of aromatic nitrogens is 2. The highest BCUT2D eigenvalue weighted by atomic mass is 16.4. The molecule has 2 aromatic heterocycles. The normalized spacial score (nSPS) is 13.3. The highest BCUT2D eigenvalue weighted by Crippen LogP contribution is 2.31. The van der Waals surface area contributed by atoms with Crippen LogP contribution in [0.4, 0.5) is 4.79 Å². The van der Waals surface area contributed by atoms with Crippen LogP contribution in [0.3, 0.4) is 0 Å². The number of pyridine rings is 1. The largest absolute Gasteiger partial charge is 0.465 e. The monoisotopic (exact) mass is 427 g/mol. The molecule has 0 fully saturated rings. The summed E-state index contributed by atoms with van der Waals surface area (Å²) in [5, 5.41) is 10.4. The molecule has 0 saturated carbocycles. The van der Waals surface area contributed by atoms with E-state index >= 15 is 0 Å². The Balaban J connectivity index is 1.44. The molecule has 0 spiro atoms. The molecule has 0 bridgehead atoms. The second-order valence-corrected chi connectivity index (χ2v) is 8.37. The third-order valence-corrected chi connectivity index (χ3v) is 6.47. The molecule has 1 aliphatic heterocycles. The van der Waals surface area contributed by atoms with Crippen LogP contribution in [0.25, 0.3) is 16.6 Å². The van der Waals surface area contributed by atoms with Crippen molar-refractivity contribution in [1.82, 2.24) is 14.0 Å². The number of hydrogen-bond donors (Lipinski definition) is 1. The predicted molar refractivity (Wildman–Crippen MR) is 125 cm³/mol. The summed E-state index contributed by atoms with van der Waals surface area (Å²) < 4.78 is 3.80. The van der Waals surface area contributed by atoms with Crippen molar-refractivity contribution >= 4 is 17.0 Å². The molecular formula is C26H25N3O3. The number of carbonyl (C=O) groups is 1. The Hall–Kier alpha value is -3.80. The number of benzene rings is 2. The molecule has 0 aliphatic carbocycles. The fourth-order valence-electron chi connectivity index (χ4n) is 4.70. The minimum atomic E-state index is -0.886. The summed E-state index contributed by atoms with van der Waals surface area (Å²) in [6.07, 6.45) is 3.38. The summed E-state index contributed by atoms with van der Waals surface area (Å²) in [4.78, 5) is 25.7. The molecule has 162 valence electrons. The van der Waals surface area contributed by atoms with Gasteiger partial charge in [-0.3, -0.25) is 9.36 Å². The zero-order valence-corrected chi connectivity index (χ0v) is 18.0. The lowest BCUT2D eigenvalue weighted by Crippen LogP contribution is -2.34. The standard InChI is InChI=1S/C26H25N3O3/c1-27-23-12-13-28(26(31)32)17-22(23)21-10-9-20(16-24(21)27)29-14-11-19(15-25(29)30)8-7-18-5-3-2-4-6-18/h2-6,9-11,14-16H,7-8,12-13,17H2,1H3,(H,31,32). The van der Waals surface area contributed by atoms with Gasteiger partial charge in [-0.15, -0.1) is 0 Å². The van der Waals surface area contributed by atoms with E-state index in [9.17, 15) is 14.7 Å². The predicted octanol–water partition coefficient (Wildman–Crippen LogP) is 4.15. The van der Waals surface area contributed by atoms with Crippen molar-refractivity contribution in [2.75, 3.05) is 6.54 Å². The Labute approximate surface area is 186 Å². The van der Waals surface area contributed by atoms with E-state index in [1.165, 1.54) is 16.2 Å². The van der Waals surface area contributed by atoms with Gasteiger partial charge < -0.3 is 14.6 Å². The molecule has 5 rings (SSSR count). The maximum absolute atomic E-state index is 12.9. The molecule has 6 heteroatoms. The average molecular weight is 428 g/mol. The highest BCUT2D eigenvalue weighted by Gasteiger charge is 2.25. The van der Waals surface area contributed by atoms with E-state index in [2.05, 4.69) is 16.7 Å². The second kappa shape index (κ2) is 8.04. The van der Waals surface area contributed by atoms with Gasteiger partial charge in [0.25, 0.3) is 5.56 Å². The molecule has 2 aromatic carbocycles. The van der Waals surface area contributed by atoms with Gasteiger partial charge in [-0.1, -0.05) is 36.4 Å². The maximum Gasteiger partial charge on any atom is 0.407 e. The molecule has 32 heavy (non-hydrogen) atoms. The summed E-state index contributed by atoms with van der Waals surface area (Å²) in [5.74, 6) is 0. The smallest absolute Gasteiger partial charge is 0.407 e. The third-order valence-electron chi connectivity index (χ3n) is 6.47. The Bertz CT molecular complexity index is 1370. The first kappa shape index (κ1) is 20.1. The van der Waals surface area contributed by atoms with Crippen molar-refractivity contribution in [1.29, 1.82) is 0 Å². The molecule has 0 saturated heterocycles. The number of fused-ring (bicyclic) bond motifs is 3. The topological polar surface area (TPSA) is 67.5 Å². The summed E-state index contributed by atoms with van der Waals surface area (Å²) in [6, 6.07) is 20.0. The Morgan fingerprint density at radius 3 is 2.53 bits per heavy atom. The molecule has 1 N–H and O–H groups in total. The van der Waals surface area contributed by atoms with E-state index < -0.39 is 6.09 Å². The quantitative estimate of drug-likeness (QED) is 0.532. The fourth-order valence-corrected chi connectivity index (χ4v) is 4.70. The third kappa shape index (κ3) is 3.58. The lowest BCUT2D eigenvalue weighted by atomic mass is 10.0.